The zero-order valence-electron chi connectivity index (χ0n) is 10.7. The maximum absolute atomic E-state index is 9.74. The van der Waals surface area contributed by atoms with Crippen LogP contribution < -0.4 is 4.74 Å². The summed E-state index contributed by atoms with van der Waals surface area (Å²) in [7, 11) is 0. The third kappa shape index (κ3) is 3.58. The molecule has 2 nitrogen and oxygen atoms in total. The Morgan fingerprint density at radius 1 is 1.10 bits per heavy atom. The van der Waals surface area contributed by atoms with Crippen LogP contribution in [0.1, 0.15) is 24.2 Å². The van der Waals surface area contributed by atoms with Crippen LogP contribution in [-0.4, -0.2) is 5.11 Å². The van der Waals surface area contributed by atoms with Crippen LogP contribution in [-0.2, 0) is 6.61 Å². The Balaban J connectivity index is 2.23. The molecule has 1 atom stereocenters. The van der Waals surface area contributed by atoms with E-state index in [4.69, 9.17) is 39.5 Å². The molecule has 0 saturated carbocycles. The van der Waals surface area contributed by atoms with Gasteiger partial charge in [0.05, 0.1) is 6.10 Å². The minimum absolute atomic E-state index is 0.222. The van der Waals surface area contributed by atoms with Crippen molar-refractivity contribution in [3.05, 3.63) is 62.6 Å². The van der Waals surface area contributed by atoms with Crippen molar-refractivity contribution in [3.63, 3.8) is 0 Å². The Morgan fingerprint density at radius 2 is 1.75 bits per heavy atom. The Kier molecular flexibility index (Phi) is 5.17. The predicted octanol–water partition coefficient (Wildman–Crippen LogP) is 5.28. The van der Waals surface area contributed by atoms with Gasteiger partial charge in [-0.15, -0.1) is 0 Å². The average molecular weight is 332 g/mol. The molecule has 20 heavy (non-hydrogen) atoms. The fourth-order valence-electron chi connectivity index (χ4n) is 1.80. The number of ether oxygens (including phenoxy) is 1. The van der Waals surface area contributed by atoms with Gasteiger partial charge >= 0.3 is 0 Å². The summed E-state index contributed by atoms with van der Waals surface area (Å²) in [6.45, 7) is 1.88. The maximum Gasteiger partial charge on any atom is 0.125 e. The van der Waals surface area contributed by atoms with E-state index in [0.717, 1.165) is 0 Å². The van der Waals surface area contributed by atoms with Gasteiger partial charge in [0, 0.05) is 26.2 Å². The first-order chi connectivity index (χ1) is 9.49. The predicted molar refractivity (Wildman–Crippen MR) is 82.9 cm³/mol. The van der Waals surface area contributed by atoms with Crippen LogP contribution in [0.25, 0.3) is 0 Å². The summed E-state index contributed by atoms with van der Waals surface area (Å²) >= 11 is 18.1. The van der Waals surface area contributed by atoms with Gasteiger partial charge in [-0.2, -0.15) is 0 Å². The molecule has 2 rings (SSSR count). The van der Waals surface area contributed by atoms with E-state index in [-0.39, 0.29) is 6.61 Å². The minimum Gasteiger partial charge on any atom is -0.488 e. The number of halogens is 3. The second kappa shape index (κ2) is 6.68. The summed E-state index contributed by atoms with van der Waals surface area (Å²) in [6.07, 6.45) is -0.676. The highest BCUT2D eigenvalue weighted by Gasteiger charge is 2.12. The molecule has 0 spiro atoms. The van der Waals surface area contributed by atoms with Crippen molar-refractivity contribution < 1.29 is 9.84 Å². The van der Waals surface area contributed by atoms with E-state index < -0.39 is 6.10 Å². The SMILES string of the molecule is CC(O)c1cc(Cl)ccc1OCc1c(Cl)cccc1Cl. The number of rotatable bonds is 4. The smallest absolute Gasteiger partial charge is 0.125 e. The van der Waals surface area contributed by atoms with Gasteiger partial charge in [-0.05, 0) is 37.3 Å². The molecule has 0 aromatic heterocycles. The normalized spacial score (nSPS) is 12.2. The average Bonchev–Trinajstić information content (AvgIpc) is 2.39. The number of aliphatic hydroxyl groups is 1. The van der Waals surface area contributed by atoms with E-state index in [1.54, 1.807) is 43.3 Å². The second-order valence-electron chi connectivity index (χ2n) is 4.35. The molecule has 5 heteroatoms. The van der Waals surface area contributed by atoms with Gasteiger partial charge in [0.15, 0.2) is 0 Å². The van der Waals surface area contributed by atoms with Crippen LogP contribution in [0.4, 0.5) is 0 Å². The summed E-state index contributed by atoms with van der Waals surface area (Å²) < 4.78 is 5.71. The van der Waals surface area contributed by atoms with Crippen molar-refractivity contribution in [1.82, 2.24) is 0 Å². The van der Waals surface area contributed by atoms with Crippen LogP contribution in [0.5, 0.6) is 5.75 Å². The molecule has 0 fully saturated rings. The Bertz CT molecular complexity index is 592. The highest BCUT2D eigenvalue weighted by molar-refractivity contribution is 6.35. The highest BCUT2D eigenvalue weighted by atomic mass is 35.5. The molecule has 0 bridgehead atoms. The van der Waals surface area contributed by atoms with E-state index in [9.17, 15) is 5.11 Å². The Labute approximate surface area is 132 Å². The summed E-state index contributed by atoms with van der Waals surface area (Å²) in [5.41, 5.74) is 1.34. The quantitative estimate of drug-likeness (QED) is 0.826. The maximum atomic E-state index is 9.74. The molecule has 2 aromatic rings. The monoisotopic (exact) mass is 330 g/mol. The molecular weight excluding hydrogens is 319 g/mol. The molecule has 1 N–H and O–H groups in total. The van der Waals surface area contributed by atoms with Crippen LogP contribution >= 0.6 is 34.8 Å². The molecule has 0 aliphatic rings. The zero-order valence-corrected chi connectivity index (χ0v) is 13.0. The van der Waals surface area contributed by atoms with Crippen molar-refractivity contribution in [2.45, 2.75) is 19.6 Å². The van der Waals surface area contributed by atoms with E-state index >= 15 is 0 Å². The number of aliphatic hydroxyl groups excluding tert-OH is 1. The molecular formula is C15H13Cl3O2. The third-order valence-corrected chi connectivity index (χ3v) is 3.80. The lowest BCUT2D eigenvalue weighted by molar-refractivity contribution is 0.190. The molecule has 0 radical (unpaired) electrons. The second-order valence-corrected chi connectivity index (χ2v) is 5.60. The van der Waals surface area contributed by atoms with Gasteiger partial charge in [0.25, 0.3) is 0 Å². The van der Waals surface area contributed by atoms with Gasteiger partial charge in [-0.1, -0.05) is 40.9 Å². The fraction of sp³-hybridized carbons (Fsp3) is 0.200. The molecule has 0 saturated heterocycles. The standard InChI is InChI=1S/C15H13Cl3O2/c1-9(19)11-7-10(16)5-6-15(11)20-8-12-13(17)3-2-4-14(12)18/h2-7,9,19H,8H2,1H3. The first-order valence-electron chi connectivity index (χ1n) is 6.02. The number of hydrogen-bond donors (Lipinski definition) is 1. The Morgan fingerprint density at radius 3 is 2.35 bits per heavy atom. The number of hydrogen-bond acceptors (Lipinski definition) is 2. The van der Waals surface area contributed by atoms with Gasteiger partial charge in [-0.25, -0.2) is 0 Å². The van der Waals surface area contributed by atoms with Crippen LogP contribution in [0.15, 0.2) is 36.4 Å². The van der Waals surface area contributed by atoms with Crippen LogP contribution in [0, 0.1) is 0 Å². The van der Waals surface area contributed by atoms with Crippen molar-refractivity contribution in [2.75, 3.05) is 0 Å². The van der Waals surface area contributed by atoms with E-state index in [1.807, 2.05) is 0 Å². The van der Waals surface area contributed by atoms with Crippen molar-refractivity contribution >= 4 is 34.8 Å². The van der Waals surface area contributed by atoms with Crippen LogP contribution in [0.2, 0.25) is 15.1 Å². The fourth-order valence-corrected chi connectivity index (χ4v) is 2.48. The van der Waals surface area contributed by atoms with E-state index in [0.29, 0.717) is 31.9 Å². The summed E-state index contributed by atoms with van der Waals surface area (Å²) in [5.74, 6) is 0.556. The number of benzene rings is 2. The van der Waals surface area contributed by atoms with Gasteiger partial charge in [0.1, 0.15) is 12.4 Å². The molecule has 0 aliphatic carbocycles. The molecule has 106 valence electrons. The van der Waals surface area contributed by atoms with Gasteiger partial charge in [-0.3, -0.25) is 0 Å². The Hall–Kier alpha value is -0.930. The minimum atomic E-state index is -0.676. The van der Waals surface area contributed by atoms with Crippen molar-refractivity contribution in [2.24, 2.45) is 0 Å². The lowest BCUT2D eigenvalue weighted by Gasteiger charge is -2.15. The third-order valence-electron chi connectivity index (χ3n) is 2.86. The van der Waals surface area contributed by atoms with E-state index in [2.05, 4.69) is 0 Å². The molecule has 2 aromatic carbocycles. The molecule has 0 heterocycles. The summed E-state index contributed by atoms with van der Waals surface area (Å²) in [6, 6.07) is 10.4. The van der Waals surface area contributed by atoms with Crippen molar-refractivity contribution in [1.29, 1.82) is 0 Å². The largest absolute Gasteiger partial charge is 0.488 e. The van der Waals surface area contributed by atoms with Gasteiger partial charge < -0.3 is 9.84 Å². The zero-order chi connectivity index (χ0) is 14.7. The first-order valence-corrected chi connectivity index (χ1v) is 7.15. The summed E-state index contributed by atoms with van der Waals surface area (Å²) in [4.78, 5) is 0. The highest BCUT2D eigenvalue weighted by Crippen LogP contribution is 2.31. The lowest BCUT2D eigenvalue weighted by Crippen LogP contribution is -2.02. The first kappa shape index (κ1) is 15.5. The lowest BCUT2D eigenvalue weighted by atomic mass is 10.1. The molecule has 0 amide bonds. The van der Waals surface area contributed by atoms with E-state index in [1.165, 1.54) is 0 Å². The summed E-state index contributed by atoms with van der Waals surface area (Å²) in [5, 5.41) is 11.4. The topological polar surface area (TPSA) is 29.5 Å². The molecule has 0 aliphatic heterocycles. The van der Waals surface area contributed by atoms with Crippen LogP contribution in [0.3, 0.4) is 0 Å². The van der Waals surface area contributed by atoms with Gasteiger partial charge in [0.2, 0.25) is 0 Å². The van der Waals surface area contributed by atoms with Crippen molar-refractivity contribution in [3.8, 4) is 5.75 Å². The molecule has 1 unspecified atom stereocenters.